The van der Waals surface area contributed by atoms with E-state index < -0.39 is 0 Å². The van der Waals surface area contributed by atoms with E-state index in [1.807, 2.05) is 26.0 Å². The molecule has 8 nitrogen and oxygen atoms in total. The van der Waals surface area contributed by atoms with Gasteiger partial charge in [0.05, 0.1) is 29.4 Å². The van der Waals surface area contributed by atoms with Crippen LogP contribution in [0.4, 0.5) is 4.79 Å². The van der Waals surface area contributed by atoms with Crippen LogP contribution in [0.1, 0.15) is 35.7 Å². The molecule has 0 radical (unpaired) electrons. The Labute approximate surface area is 199 Å². The molecule has 2 heterocycles. The highest BCUT2D eigenvalue weighted by Gasteiger charge is 2.30. The van der Waals surface area contributed by atoms with E-state index in [9.17, 15) is 14.4 Å². The third-order valence-electron chi connectivity index (χ3n) is 5.12. The minimum atomic E-state index is -0.272. The maximum Gasteiger partial charge on any atom is 0.289 e. The number of benzene rings is 2. The molecule has 3 amide bonds. The van der Waals surface area contributed by atoms with Gasteiger partial charge in [0.25, 0.3) is 11.1 Å². The quantitative estimate of drug-likeness (QED) is 0.482. The number of carbonyl (C=O) groups excluding carboxylic acids is 3. The molecule has 3 aromatic rings. The van der Waals surface area contributed by atoms with Gasteiger partial charge in [-0.1, -0.05) is 47.6 Å². The monoisotopic (exact) mass is 484 g/mol. The summed E-state index contributed by atoms with van der Waals surface area (Å²) in [7, 11) is 0. The maximum atomic E-state index is 13.3. The van der Waals surface area contributed by atoms with Gasteiger partial charge in [-0.25, -0.2) is 0 Å². The van der Waals surface area contributed by atoms with Crippen molar-refractivity contribution in [1.82, 2.24) is 20.0 Å². The number of hydrogen-bond acceptors (Lipinski definition) is 7. The van der Waals surface area contributed by atoms with Gasteiger partial charge in [-0.15, -0.1) is 10.2 Å². The minimum Gasteiger partial charge on any atom is -0.419 e. The topological polar surface area (TPSA) is 96.6 Å². The molecule has 1 aromatic heterocycles. The lowest BCUT2D eigenvalue weighted by Gasteiger charge is -2.25. The molecular formula is C23H21ClN4O4S. The van der Waals surface area contributed by atoms with E-state index in [-0.39, 0.29) is 53.7 Å². The van der Waals surface area contributed by atoms with Crippen molar-refractivity contribution in [3.63, 3.8) is 0 Å². The van der Waals surface area contributed by atoms with E-state index in [1.165, 1.54) is 4.90 Å². The van der Waals surface area contributed by atoms with Gasteiger partial charge in [0.15, 0.2) is 0 Å². The summed E-state index contributed by atoms with van der Waals surface area (Å²) in [6.07, 6.45) is 0. The van der Waals surface area contributed by atoms with Gasteiger partial charge in [0.1, 0.15) is 0 Å². The number of amides is 3. The second kappa shape index (κ2) is 9.76. The molecule has 0 atom stereocenters. The van der Waals surface area contributed by atoms with Crippen molar-refractivity contribution in [2.24, 2.45) is 0 Å². The molecule has 0 spiro atoms. The van der Waals surface area contributed by atoms with Crippen molar-refractivity contribution in [2.45, 2.75) is 33.0 Å². The highest BCUT2D eigenvalue weighted by molar-refractivity contribution is 8.14. The summed E-state index contributed by atoms with van der Waals surface area (Å²) in [5, 5.41) is 8.37. The summed E-state index contributed by atoms with van der Waals surface area (Å²) in [5.74, 6) is 0.271. The summed E-state index contributed by atoms with van der Waals surface area (Å²) >= 11 is 7.19. The molecule has 0 bridgehead atoms. The molecule has 0 saturated carbocycles. The van der Waals surface area contributed by atoms with Gasteiger partial charge >= 0.3 is 0 Å². The van der Waals surface area contributed by atoms with Crippen molar-refractivity contribution in [3.8, 4) is 11.5 Å². The summed E-state index contributed by atoms with van der Waals surface area (Å²) in [6, 6.07) is 13.9. The third kappa shape index (κ3) is 5.09. The molecule has 4 rings (SSSR count). The van der Waals surface area contributed by atoms with Gasteiger partial charge in [0.2, 0.25) is 17.7 Å². The first-order valence-electron chi connectivity index (χ1n) is 10.3. The molecule has 1 fully saturated rings. The molecule has 2 aromatic carbocycles. The molecule has 1 aliphatic heterocycles. The Bertz CT molecular complexity index is 1200. The first kappa shape index (κ1) is 23.0. The van der Waals surface area contributed by atoms with Crippen LogP contribution < -0.4 is 0 Å². The maximum absolute atomic E-state index is 13.3. The highest BCUT2D eigenvalue weighted by atomic mass is 35.5. The second-order valence-electron chi connectivity index (χ2n) is 7.74. The van der Waals surface area contributed by atoms with Crippen LogP contribution in [0.25, 0.3) is 11.5 Å². The van der Waals surface area contributed by atoms with Crippen LogP contribution in [0, 0.1) is 0 Å². The van der Waals surface area contributed by atoms with E-state index in [2.05, 4.69) is 10.2 Å². The Balaban J connectivity index is 1.52. The summed E-state index contributed by atoms with van der Waals surface area (Å²) < 4.78 is 5.77. The number of halogens is 1. The largest absolute Gasteiger partial charge is 0.419 e. The Morgan fingerprint density at radius 2 is 1.97 bits per heavy atom. The van der Waals surface area contributed by atoms with Crippen molar-refractivity contribution in [3.05, 3.63) is 70.6 Å². The zero-order chi connectivity index (χ0) is 23.5. The van der Waals surface area contributed by atoms with Crippen LogP contribution in [0.15, 0.2) is 52.9 Å². The fourth-order valence-corrected chi connectivity index (χ4v) is 4.32. The smallest absolute Gasteiger partial charge is 0.289 e. The molecule has 1 aliphatic rings. The molecule has 170 valence electrons. The van der Waals surface area contributed by atoms with Crippen LogP contribution in [0.5, 0.6) is 0 Å². The van der Waals surface area contributed by atoms with Crippen molar-refractivity contribution >= 4 is 40.4 Å². The number of nitrogens with zero attached hydrogens (tertiary/aromatic N) is 4. The molecule has 1 saturated heterocycles. The van der Waals surface area contributed by atoms with Crippen LogP contribution in [-0.2, 0) is 17.9 Å². The zero-order valence-electron chi connectivity index (χ0n) is 18.0. The zero-order valence-corrected chi connectivity index (χ0v) is 19.6. The lowest BCUT2D eigenvalue weighted by Crippen LogP contribution is -2.36. The Morgan fingerprint density at radius 3 is 2.67 bits per heavy atom. The first-order chi connectivity index (χ1) is 15.8. The van der Waals surface area contributed by atoms with Crippen LogP contribution in [-0.4, -0.2) is 48.8 Å². The average Bonchev–Trinajstić information content (AvgIpc) is 3.39. The number of aromatic nitrogens is 2. The van der Waals surface area contributed by atoms with Crippen molar-refractivity contribution in [1.29, 1.82) is 0 Å². The van der Waals surface area contributed by atoms with Crippen molar-refractivity contribution < 1.29 is 18.8 Å². The van der Waals surface area contributed by atoms with E-state index in [0.717, 1.165) is 11.8 Å². The second-order valence-corrected chi connectivity index (χ2v) is 9.08. The van der Waals surface area contributed by atoms with E-state index in [1.54, 1.807) is 41.3 Å². The predicted molar refractivity (Wildman–Crippen MR) is 125 cm³/mol. The van der Waals surface area contributed by atoms with Crippen LogP contribution in [0.2, 0.25) is 5.02 Å². The highest BCUT2D eigenvalue weighted by Crippen LogP contribution is 2.27. The Morgan fingerprint density at radius 1 is 1.18 bits per heavy atom. The van der Waals surface area contributed by atoms with Crippen LogP contribution >= 0.6 is 23.4 Å². The van der Waals surface area contributed by atoms with E-state index in [4.69, 9.17) is 16.0 Å². The molecule has 10 heteroatoms. The number of thioether (sulfide) groups is 1. The molecule has 33 heavy (non-hydrogen) atoms. The third-order valence-corrected chi connectivity index (χ3v) is 6.30. The van der Waals surface area contributed by atoms with Crippen molar-refractivity contribution in [2.75, 3.05) is 5.75 Å². The number of hydrogen-bond donors (Lipinski definition) is 0. The molecule has 0 aliphatic carbocycles. The van der Waals surface area contributed by atoms with Crippen LogP contribution in [0.3, 0.4) is 0 Å². The van der Waals surface area contributed by atoms with Gasteiger partial charge in [-0.3, -0.25) is 19.3 Å². The van der Waals surface area contributed by atoms with Gasteiger partial charge in [0, 0.05) is 11.6 Å². The van der Waals surface area contributed by atoms with Gasteiger partial charge < -0.3 is 9.32 Å². The van der Waals surface area contributed by atoms with Gasteiger partial charge in [-0.2, -0.15) is 0 Å². The Hall–Kier alpha value is -3.17. The minimum absolute atomic E-state index is 0.123. The lowest BCUT2D eigenvalue weighted by molar-refractivity contribution is -0.125. The lowest BCUT2D eigenvalue weighted by atomic mass is 10.1. The molecular weight excluding hydrogens is 464 g/mol. The summed E-state index contributed by atoms with van der Waals surface area (Å²) in [6.45, 7) is 4.05. The SMILES string of the molecule is CC(C)N(Cc1nnc(-c2ccccc2Cl)o1)C(=O)c1cccc(CN2C(=O)CSC2=O)c1. The standard InChI is InChI=1S/C23H21ClN4O4S/c1-14(2)27(12-19-25-26-21(32-19)17-8-3-4-9-18(17)24)22(30)16-7-5-6-15(10-16)11-28-20(29)13-33-23(28)31/h3-10,14H,11-13H2,1-2H3. The molecule has 0 N–H and O–H groups in total. The normalized spacial score (nSPS) is 13.8. The summed E-state index contributed by atoms with van der Waals surface area (Å²) in [4.78, 5) is 39.9. The summed E-state index contributed by atoms with van der Waals surface area (Å²) in [5.41, 5.74) is 1.77. The average molecular weight is 485 g/mol. The predicted octanol–water partition coefficient (Wildman–Crippen LogP) is 4.64. The fraction of sp³-hybridized carbons (Fsp3) is 0.261. The van der Waals surface area contributed by atoms with E-state index >= 15 is 0 Å². The number of carbonyl (C=O) groups is 3. The Kier molecular flexibility index (Phi) is 6.80. The van der Waals surface area contributed by atoms with E-state index in [0.29, 0.717) is 21.7 Å². The first-order valence-corrected chi connectivity index (χ1v) is 11.6. The number of rotatable bonds is 7. The number of imide groups is 1. The fourth-order valence-electron chi connectivity index (χ4n) is 3.38. The van der Waals surface area contributed by atoms with Gasteiger partial charge in [-0.05, 0) is 43.7 Å². The molecule has 0 unspecified atom stereocenters.